The minimum absolute atomic E-state index is 0.0277. The van der Waals surface area contributed by atoms with Gasteiger partial charge in [0.25, 0.3) is 0 Å². The maximum Gasteiger partial charge on any atom is 0.417 e. The number of benzene rings is 2. The van der Waals surface area contributed by atoms with E-state index in [9.17, 15) is 26.4 Å². The van der Waals surface area contributed by atoms with Gasteiger partial charge in [-0.05, 0) is 55.5 Å². The number of amides is 1. The summed E-state index contributed by atoms with van der Waals surface area (Å²) < 4.78 is 66.5. The molecule has 4 rings (SSSR count). The molecule has 0 atom stereocenters. The van der Waals surface area contributed by atoms with Crippen LogP contribution in [0.25, 0.3) is 0 Å². The van der Waals surface area contributed by atoms with E-state index in [-0.39, 0.29) is 24.9 Å². The van der Waals surface area contributed by atoms with Gasteiger partial charge in [-0.25, -0.2) is 8.42 Å². The average molecular weight is 487 g/mol. The summed E-state index contributed by atoms with van der Waals surface area (Å²) in [7, 11) is -4.13. The van der Waals surface area contributed by atoms with Gasteiger partial charge in [0.15, 0.2) is 0 Å². The number of aryl methyl sites for hydroxylation is 1. The van der Waals surface area contributed by atoms with E-state index >= 15 is 0 Å². The standard InChI is InChI=1S/C22H22ClF3N2O3S/c23-19-8-7-17(14-18(19)22(24,25)26)32(30,31)27-12-9-16(10-13-27)21(29)28-11-3-5-15-4-1-2-6-20(15)28/h1-2,4,6-8,14,16H,3,5,9-13H2. The molecule has 0 bridgehead atoms. The van der Waals surface area contributed by atoms with Gasteiger partial charge >= 0.3 is 6.18 Å². The Balaban J connectivity index is 1.48. The molecule has 1 fully saturated rings. The molecular formula is C22H22ClF3N2O3S. The lowest BCUT2D eigenvalue weighted by molar-refractivity contribution is -0.137. The summed E-state index contributed by atoms with van der Waals surface area (Å²) in [6.07, 6.45) is -2.34. The van der Waals surface area contributed by atoms with E-state index in [0.717, 1.165) is 40.5 Å². The molecule has 2 aromatic carbocycles. The molecule has 0 aliphatic carbocycles. The van der Waals surface area contributed by atoms with Crippen molar-refractivity contribution in [1.82, 2.24) is 4.31 Å². The molecule has 1 amide bonds. The van der Waals surface area contributed by atoms with E-state index in [1.54, 1.807) is 4.90 Å². The first-order valence-corrected chi connectivity index (χ1v) is 12.2. The first-order valence-electron chi connectivity index (χ1n) is 10.4. The number of anilines is 1. The molecule has 10 heteroatoms. The number of hydrogen-bond acceptors (Lipinski definition) is 3. The summed E-state index contributed by atoms with van der Waals surface area (Å²) >= 11 is 5.61. The van der Waals surface area contributed by atoms with Crippen molar-refractivity contribution in [3.05, 3.63) is 58.6 Å². The molecule has 1 saturated heterocycles. The van der Waals surface area contributed by atoms with Crippen molar-refractivity contribution in [2.24, 2.45) is 5.92 Å². The molecule has 0 unspecified atom stereocenters. The molecule has 5 nitrogen and oxygen atoms in total. The average Bonchev–Trinajstić information content (AvgIpc) is 2.77. The highest BCUT2D eigenvalue weighted by atomic mass is 35.5. The second kappa shape index (κ2) is 8.68. The van der Waals surface area contributed by atoms with E-state index in [0.29, 0.717) is 25.5 Å². The number of hydrogen-bond donors (Lipinski definition) is 0. The van der Waals surface area contributed by atoms with Crippen molar-refractivity contribution in [2.45, 2.75) is 36.8 Å². The van der Waals surface area contributed by atoms with Gasteiger partial charge in [-0.3, -0.25) is 4.79 Å². The molecule has 2 aliphatic heterocycles. The fourth-order valence-corrected chi connectivity index (χ4v) is 6.08. The Morgan fingerprint density at radius 2 is 1.72 bits per heavy atom. The van der Waals surface area contributed by atoms with Crippen LogP contribution in [-0.2, 0) is 27.4 Å². The van der Waals surface area contributed by atoms with Crippen LogP contribution < -0.4 is 4.90 Å². The quantitative estimate of drug-likeness (QED) is 0.629. The number of halogens is 4. The van der Waals surface area contributed by atoms with Crippen LogP contribution in [0.5, 0.6) is 0 Å². The Morgan fingerprint density at radius 1 is 1.03 bits per heavy atom. The van der Waals surface area contributed by atoms with Gasteiger partial charge in [-0.15, -0.1) is 0 Å². The van der Waals surface area contributed by atoms with Crippen molar-refractivity contribution in [3.8, 4) is 0 Å². The molecule has 2 aromatic rings. The van der Waals surface area contributed by atoms with Gasteiger partial charge in [-0.2, -0.15) is 17.5 Å². The predicted octanol–water partition coefficient (Wildman–Crippen LogP) is 4.74. The number of carbonyl (C=O) groups is 1. The normalized spacial score (nSPS) is 18.4. The summed E-state index contributed by atoms with van der Waals surface area (Å²) in [5.74, 6) is -0.358. The zero-order valence-corrected chi connectivity index (χ0v) is 18.7. The third-order valence-corrected chi connectivity index (χ3v) is 8.28. The number of nitrogens with zero attached hydrogens (tertiary/aromatic N) is 2. The highest BCUT2D eigenvalue weighted by Gasteiger charge is 2.38. The fraction of sp³-hybridized carbons (Fsp3) is 0.409. The number of para-hydroxylation sites is 1. The smallest absolute Gasteiger partial charge is 0.312 e. The van der Waals surface area contributed by atoms with Crippen LogP contribution in [0, 0.1) is 5.92 Å². The van der Waals surface area contributed by atoms with Gasteiger partial charge in [-0.1, -0.05) is 29.8 Å². The Bertz CT molecular complexity index is 1130. The molecule has 0 N–H and O–H groups in total. The largest absolute Gasteiger partial charge is 0.417 e. The lowest BCUT2D eigenvalue weighted by atomic mass is 9.94. The molecule has 0 spiro atoms. The number of alkyl halides is 3. The van der Waals surface area contributed by atoms with E-state index in [1.165, 1.54) is 0 Å². The molecular weight excluding hydrogens is 465 g/mol. The number of sulfonamides is 1. The van der Waals surface area contributed by atoms with Crippen LogP contribution in [-0.4, -0.2) is 38.3 Å². The molecule has 32 heavy (non-hydrogen) atoms. The molecule has 172 valence electrons. The molecule has 0 saturated carbocycles. The number of piperidine rings is 1. The third kappa shape index (κ3) is 4.38. The van der Waals surface area contributed by atoms with E-state index in [4.69, 9.17) is 11.6 Å². The van der Waals surface area contributed by atoms with Crippen LogP contribution >= 0.6 is 11.6 Å². The minimum Gasteiger partial charge on any atom is -0.312 e. The Labute approximate surface area is 189 Å². The van der Waals surface area contributed by atoms with Crippen LogP contribution in [0.4, 0.5) is 18.9 Å². The van der Waals surface area contributed by atoms with Gasteiger partial charge in [0.1, 0.15) is 0 Å². The van der Waals surface area contributed by atoms with Crippen molar-refractivity contribution < 1.29 is 26.4 Å². The molecule has 0 radical (unpaired) electrons. The summed E-state index contributed by atoms with van der Waals surface area (Å²) in [6.45, 7) is 0.760. The van der Waals surface area contributed by atoms with E-state index in [1.807, 2.05) is 24.3 Å². The van der Waals surface area contributed by atoms with E-state index < -0.39 is 31.7 Å². The lowest BCUT2D eigenvalue weighted by Gasteiger charge is -2.36. The summed E-state index contributed by atoms with van der Waals surface area (Å²) in [4.78, 5) is 14.5. The second-order valence-corrected chi connectivity index (χ2v) is 10.4. The fourth-order valence-electron chi connectivity index (χ4n) is 4.36. The predicted molar refractivity (Wildman–Crippen MR) is 115 cm³/mol. The van der Waals surface area contributed by atoms with Crippen LogP contribution in [0.15, 0.2) is 47.4 Å². The molecule has 2 aliphatic rings. The zero-order chi connectivity index (χ0) is 23.1. The lowest BCUT2D eigenvalue weighted by Crippen LogP contribution is -2.45. The summed E-state index contributed by atoms with van der Waals surface area (Å²) in [5.41, 5.74) is 0.837. The van der Waals surface area contributed by atoms with Crippen molar-refractivity contribution in [2.75, 3.05) is 24.5 Å². The van der Waals surface area contributed by atoms with Crippen LogP contribution in [0.3, 0.4) is 0 Å². The monoisotopic (exact) mass is 486 g/mol. The summed E-state index contributed by atoms with van der Waals surface area (Å²) in [6, 6.07) is 10.4. The maximum absolute atomic E-state index is 13.2. The molecule has 2 heterocycles. The van der Waals surface area contributed by atoms with Gasteiger partial charge in [0, 0.05) is 31.2 Å². The topological polar surface area (TPSA) is 57.7 Å². The van der Waals surface area contributed by atoms with Gasteiger partial charge in [0.2, 0.25) is 15.9 Å². The van der Waals surface area contributed by atoms with Gasteiger partial charge in [0.05, 0.1) is 15.5 Å². The Kier molecular flexibility index (Phi) is 6.26. The molecule has 0 aromatic heterocycles. The number of carbonyl (C=O) groups excluding carboxylic acids is 1. The Hall–Kier alpha value is -2.10. The van der Waals surface area contributed by atoms with Crippen molar-refractivity contribution in [3.63, 3.8) is 0 Å². The minimum atomic E-state index is -4.76. The van der Waals surface area contributed by atoms with Crippen molar-refractivity contribution in [1.29, 1.82) is 0 Å². The van der Waals surface area contributed by atoms with Crippen molar-refractivity contribution >= 4 is 33.2 Å². The summed E-state index contributed by atoms with van der Waals surface area (Å²) in [5, 5.41) is -0.553. The second-order valence-electron chi connectivity index (χ2n) is 8.04. The maximum atomic E-state index is 13.2. The first-order chi connectivity index (χ1) is 15.1. The Morgan fingerprint density at radius 3 is 2.41 bits per heavy atom. The van der Waals surface area contributed by atoms with Crippen LogP contribution in [0.2, 0.25) is 5.02 Å². The van der Waals surface area contributed by atoms with E-state index in [2.05, 4.69) is 0 Å². The number of fused-ring (bicyclic) bond motifs is 1. The highest BCUT2D eigenvalue weighted by Crippen LogP contribution is 2.37. The third-order valence-electron chi connectivity index (χ3n) is 6.06. The zero-order valence-electron chi connectivity index (χ0n) is 17.1. The highest BCUT2D eigenvalue weighted by molar-refractivity contribution is 7.89. The number of rotatable bonds is 3. The first kappa shape index (κ1) is 23.1. The van der Waals surface area contributed by atoms with Gasteiger partial charge < -0.3 is 4.90 Å². The SMILES string of the molecule is O=C(C1CCN(S(=O)(=O)c2ccc(Cl)c(C(F)(F)F)c2)CC1)N1CCCc2ccccc21. The van der Waals surface area contributed by atoms with Crippen LogP contribution in [0.1, 0.15) is 30.4 Å².